The molecule has 1 fully saturated rings. The SMILES string of the molecule is O=C(NC(=S)Nc1ccccc1C(=O)N1CCCCC1)c1cccc(I)c1. The van der Waals surface area contributed by atoms with Gasteiger partial charge in [-0.25, -0.2) is 0 Å². The average molecular weight is 493 g/mol. The third-order valence-corrected chi connectivity index (χ3v) is 5.24. The number of rotatable bonds is 3. The summed E-state index contributed by atoms with van der Waals surface area (Å²) in [7, 11) is 0. The summed E-state index contributed by atoms with van der Waals surface area (Å²) in [5.41, 5.74) is 1.69. The molecule has 2 amide bonds. The Bertz CT molecular complexity index is 866. The first-order valence-corrected chi connectivity index (χ1v) is 10.3. The average Bonchev–Trinajstić information content (AvgIpc) is 2.68. The Hall–Kier alpha value is -2.00. The van der Waals surface area contributed by atoms with Crippen LogP contribution in [0, 0.1) is 3.57 Å². The number of nitrogens with one attached hydrogen (secondary N) is 2. The van der Waals surface area contributed by atoms with Crippen molar-refractivity contribution in [1.29, 1.82) is 0 Å². The fourth-order valence-corrected chi connectivity index (χ4v) is 3.75. The Kier molecular flexibility index (Phi) is 6.78. The molecule has 0 saturated carbocycles. The van der Waals surface area contributed by atoms with Gasteiger partial charge in [-0.05, 0) is 84.4 Å². The Labute approximate surface area is 177 Å². The number of likely N-dealkylation sites (tertiary alicyclic amines) is 1. The van der Waals surface area contributed by atoms with Crippen molar-refractivity contribution < 1.29 is 9.59 Å². The van der Waals surface area contributed by atoms with Gasteiger partial charge in [0.15, 0.2) is 5.11 Å². The van der Waals surface area contributed by atoms with Crippen LogP contribution in [0.5, 0.6) is 0 Å². The van der Waals surface area contributed by atoms with Crippen molar-refractivity contribution in [2.45, 2.75) is 19.3 Å². The highest BCUT2D eigenvalue weighted by Gasteiger charge is 2.21. The molecule has 0 aliphatic carbocycles. The van der Waals surface area contributed by atoms with Crippen LogP contribution in [-0.4, -0.2) is 34.9 Å². The fraction of sp³-hybridized carbons (Fsp3) is 0.250. The number of amides is 2. The van der Waals surface area contributed by atoms with Crippen LogP contribution in [0.25, 0.3) is 0 Å². The van der Waals surface area contributed by atoms with Crippen LogP contribution >= 0.6 is 34.8 Å². The highest BCUT2D eigenvalue weighted by atomic mass is 127. The largest absolute Gasteiger partial charge is 0.339 e. The highest BCUT2D eigenvalue weighted by molar-refractivity contribution is 14.1. The zero-order chi connectivity index (χ0) is 19.2. The number of nitrogens with zero attached hydrogens (tertiary/aromatic N) is 1. The predicted octanol–water partition coefficient (Wildman–Crippen LogP) is 4.04. The molecule has 2 aromatic rings. The first-order valence-electron chi connectivity index (χ1n) is 8.81. The smallest absolute Gasteiger partial charge is 0.257 e. The molecular formula is C20H20IN3O2S. The molecule has 0 bridgehead atoms. The quantitative estimate of drug-likeness (QED) is 0.501. The molecule has 3 rings (SSSR count). The summed E-state index contributed by atoms with van der Waals surface area (Å²) in [6.07, 6.45) is 3.23. The van der Waals surface area contributed by atoms with Gasteiger partial charge in [-0.3, -0.25) is 14.9 Å². The Balaban J connectivity index is 1.69. The molecule has 1 aliphatic heterocycles. The van der Waals surface area contributed by atoms with E-state index < -0.39 is 0 Å². The molecule has 2 N–H and O–H groups in total. The van der Waals surface area contributed by atoms with Gasteiger partial charge in [-0.15, -0.1) is 0 Å². The van der Waals surface area contributed by atoms with Gasteiger partial charge < -0.3 is 10.2 Å². The van der Waals surface area contributed by atoms with Crippen molar-refractivity contribution in [2.24, 2.45) is 0 Å². The van der Waals surface area contributed by atoms with E-state index >= 15 is 0 Å². The third-order valence-electron chi connectivity index (χ3n) is 4.36. The molecule has 0 atom stereocenters. The van der Waals surface area contributed by atoms with Gasteiger partial charge in [0.05, 0.1) is 11.3 Å². The van der Waals surface area contributed by atoms with E-state index in [1.807, 2.05) is 29.2 Å². The molecule has 0 aromatic heterocycles. The molecule has 1 aliphatic rings. The normalized spacial score (nSPS) is 13.7. The van der Waals surface area contributed by atoms with Gasteiger partial charge in [-0.2, -0.15) is 0 Å². The number of piperidine rings is 1. The minimum absolute atomic E-state index is 0.00969. The van der Waals surface area contributed by atoms with Crippen LogP contribution in [0.2, 0.25) is 0 Å². The van der Waals surface area contributed by atoms with Crippen LogP contribution in [-0.2, 0) is 0 Å². The van der Waals surface area contributed by atoms with E-state index in [9.17, 15) is 9.59 Å². The van der Waals surface area contributed by atoms with Gasteiger partial charge in [0.2, 0.25) is 0 Å². The van der Waals surface area contributed by atoms with Gasteiger partial charge in [0.1, 0.15) is 0 Å². The van der Waals surface area contributed by atoms with Crippen molar-refractivity contribution in [3.8, 4) is 0 Å². The zero-order valence-corrected chi connectivity index (χ0v) is 17.7. The lowest BCUT2D eigenvalue weighted by Crippen LogP contribution is -2.37. The Morgan fingerprint density at radius 2 is 1.74 bits per heavy atom. The minimum Gasteiger partial charge on any atom is -0.339 e. The van der Waals surface area contributed by atoms with E-state index in [-0.39, 0.29) is 16.9 Å². The van der Waals surface area contributed by atoms with Crippen molar-refractivity contribution in [1.82, 2.24) is 10.2 Å². The van der Waals surface area contributed by atoms with Crippen molar-refractivity contribution >= 4 is 57.4 Å². The van der Waals surface area contributed by atoms with E-state index in [2.05, 4.69) is 33.2 Å². The Morgan fingerprint density at radius 3 is 2.48 bits per heavy atom. The summed E-state index contributed by atoms with van der Waals surface area (Å²) >= 11 is 7.43. The second kappa shape index (κ2) is 9.27. The molecular weight excluding hydrogens is 473 g/mol. The number of thiocarbonyl (C=S) groups is 1. The summed E-state index contributed by atoms with van der Waals surface area (Å²) in [5.74, 6) is -0.296. The summed E-state index contributed by atoms with van der Waals surface area (Å²) < 4.78 is 0.969. The standard InChI is InChI=1S/C20H20IN3O2S/c21-15-8-6-7-14(13-15)18(25)23-20(27)22-17-10-3-2-9-16(17)19(26)24-11-4-1-5-12-24/h2-3,6-10,13H,1,4-5,11-12H2,(H2,22,23,25,27). The summed E-state index contributed by atoms with van der Waals surface area (Å²) in [6.45, 7) is 1.56. The minimum atomic E-state index is -0.286. The monoisotopic (exact) mass is 493 g/mol. The lowest BCUT2D eigenvalue weighted by Gasteiger charge is -2.27. The van der Waals surface area contributed by atoms with Gasteiger partial charge >= 0.3 is 0 Å². The van der Waals surface area contributed by atoms with E-state index in [0.717, 1.165) is 35.9 Å². The molecule has 1 heterocycles. The predicted molar refractivity (Wildman–Crippen MR) is 119 cm³/mol. The maximum Gasteiger partial charge on any atom is 0.257 e. The second-order valence-corrected chi connectivity index (χ2v) is 7.97. The van der Waals surface area contributed by atoms with Gasteiger partial charge in [0, 0.05) is 22.2 Å². The van der Waals surface area contributed by atoms with Crippen LogP contribution in [0.3, 0.4) is 0 Å². The summed E-state index contributed by atoms with van der Waals surface area (Å²) in [4.78, 5) is 27.1. The van der Waals surface area contributed by atoms with Crippen molar-refractivity contribution in [3.63, 3.8) is 0 Å². The molecule has 0 radical (unpaired) electrons. The van der Waals surface area contributed by atoms with Crippen molar-refractivity contribution in [2.75, 3.05) is 18.4 Å². The molecule has 2 aromatic carbocycles. The highest BCUT2D eigenvalue weighted by Crippen LogP contribution is 2.20. The number of carbonyl (C=O) groups is 2. The molecule has 1 saturated heterocycles. The number of halogens is 1. The first-order chi connectivity index (χ1) is 13.0. The molecule has 5 nitrogen and oxygen atoms in total. The fourth-order valence-electron chi connectivity index (χ4n) is 3.00. The maximum absolute atomic E-state index is 12.8. The molecule has 0 spiro atoms. The van der Waals surface area contributed by atoms with Crippen LogP contribution in [0.4, 0.5) is 5.69 Å². The summed E-state index contributed by atoms with van der Waals surface area (Å²) in [5, 5.41) is 5.83. The Morgan fingerprint density at radius 1 is 1.00 bits per heavy atom. The molecule has 140 valence electrons. The number of carbonyl (C=O) groups excluding carboxylic acids is 2. The van der Waals surface area contributed by atoms with Crippen LogP contribution in [0.15, 0.2) is 48.5 Å². The van der Waals surface area contributed by atoms with E-state index in [1.165, 1.54) is 0 Å². The van der Waals surface area contributed by atoms with E-state index in [0.29, 0.717) is 16.8 Å². The second-order valence-electron chi connectivity index (χ2n) is 6.32. The number of anilines is 1. The van der Waals surface area contributed by atoms with Crippen LogP contribution < -0.4 is 10.6 Å². The number of hydrogen-bond acceptors (Lipinski definition) is 3. The van der Waals surface area contributed by atoms with E-state index in [1.54, 1.807) is 24.3 Å². The topological polar surface area (TPSA) is 61.4 Å². The van der Waals surface area contributed by atoms with Crippen LogP contribution in [0.1, 0.15) is 40.0 Å². The molecule has 27 heavy (non-hydrogen) atoms. The number of benzene rings is 2. The number of hydrogen-bond donors (Lipinski definition) is 2. The lowest BCUT2D eigenvalue weighted by atomic mass is 10.1. The zero-order valence-electron chi connectivity index (χ0n) is 14.7. The molecule has 0 unspecified atom stereocenters. The first kappa shape index (κ1) is 19.8. The van der Waals surface area contributed by atoms with E-state index in [4.69, 9.17) is 12.2 Å². The van der Waals surface area contributed by atoms with Gasteiger partial charge in [-0.1, -0.05) is 18.2 Å². The summed E-state index contributed by atoms with van der Waals surface area (Å²) in [6, 6.07) is 14.5. The van der Waals surface area contributed by atoms with Crippen molar-refractivity contribution in [3.05, 3.63) is 63.2 Å². The van der Waals surface area contributed by atoms with Gasteiger partial charge in [0.25, 0.3) is 11.8 Å². The third kappa shape index (κ3) is 5.26. The lowest BCUT2D eigenvalue weighted by molar-refractivity contribution is 0.0725. The number of para-hydroxylation sites is 1. The maximum atomic E-state index is 12.8. The molecule has 7 heteroatoms.